The van der Waals surface area contributed by atoms with Crippen molar-refractivity contribution in [2.45, 2.75) is 19.5 Å². The number of hydrogen-bond acceptors (Lipinski definition) is 4. The molecule has 3 rings (SSSR count). The van der Waals surface area contributed by atoms with Crippen molar-refractivity contribution in [2.75, 3.05) is 46.4 Å². The van der Waals surface area contributed by atoms with Gasteiger partial charge in [-0.1, -0.05) is 6.07 Å². The van der Waals surface area contributed by atoms with E-state index in [1.807, 2.05) is 11.3 Å². The fraction of sp³-hybridized carbons (Fsp3) is 0.550. The van der Waals surface area contributed by atoms with Crippen LogP contribution in [0.2, 0.25) is 0 Å². The van der Waals surface area contributed by atoms with E-state index in [1.54, 1.807) is 0 Å². The number of thiophene rings is 1. The number of aliphatic imine (C=N–C) groups is 1. The van der Waals surface area contributed by atoms with Gasteiger partial charge in [0.2, 0.25) is 0 Å². The fourth-order valence-corrected chi connectivity index (χ4v) is 4.23. The molecule has 6 nitrogen and oxygen atoms in total. The maximum Gasteiger partial charge on any atom is 0.194 e. The molecule has 0 radical (unpaired) electrons. The molecule has 0 amide bonds. The van der Waals surface area contributed by atoms with Crippen molar-refractivity contribution < 1.29 is 4.74 Å². The minimum Gasteiger partial charge on any atom is -0.379 e. The molecule has 0 bridgehead atoms. The Bertz CT molecular complexity index is 712. The number of nitrogens with zero attached hydrogens (tertiary/aromatic N) is 4. The van der Waals surface area contributed by atoms with E-state index in [4.69, 9.17) is 9.73 Å². The average molecular weight is 517 g/mol. The van der Waals surface area contributed by atoms with Crippen LogP contribution in [0.25, 0.3) is 0 Å². The highest BCUT2D eigenvalue weighted by Crippen LogP contribution is 2.26. The van der Waals surface area contributed by atoms with Crippen LogP contribution in [0.15, 0.2) is 40.8 Å². The van der Waals surface area contributed by atoms with E-state index in [0.29, 0.717) is 6.04 Å². The highest BCUT2D eigenvalue weighted by molar-refractivity contribution is 14.0. The normalized spacial score (nSPS) is 16.5. The zero-order valence-corrected chi connectivity index (χ0v) is 20.2. The number of halogens is 1. The van der Waals surface area contributed by atoms with Crippen LogP contribution < -0.4 is 5.32 Å². The first-order valence-corrected chi connectivity index (χ1v) is 10.5. The van der Waals surface area contributed by atoms with Gasteiger partial charge in [-0.3, -0.25) is 9.89 Å². The third-order valence-corrected chi connectivity index (χ3v) is 5.89. The molecule has 2 aromatic rings. The molecule has 156 valence electrons. The van der Waals surface area contributed by atoms with Crippen molar-refractivity contribution >= 4 is 41.3 Å². The van der Waals surface area contributed by atoms with Gasteiger partial charge in [-0.25, -0.2) is 0 Å². The lowest BCUT2D eigenvalue weighted by Crippen LogP contribution is -2.42. The van der Waals surface area contributed by atoms with Gasteiger partial charge in [-0.2, -0.15) is 0 Å². The summed E-state index contributed by atoms with van der Waals surface area (Å²) >= 11 is 1.81. The van der Waals surface area contributed by atoms with E-state index >= 15 is 0 Å². The Balaban J connectivity index is 0.00000280. The molecule has 1 saturated heterocycles. The minimum atomic E-state index is 0. The highest BCUT2D eigenvalue weighted by atomic mass is 127. The lowest BCUT2D eigenvalue weighted by molar-refractivity contribution is 0.0186. The number of morpholine rings is 1. The van der Waals surface area contributed by atoms with Gasteiger partial charge >= 0.3 is 0 Å². The molecule has 28 heavy (non-hydrogen) atoms. The quantitative estimate of drug-likeness (QED) is 0.348. The molecule has 1 unspecified atom stereocenters. The second-order valence-electron chi connectivity index (χ2n) is 6.84. The number of nitrogens with one attached hydrogen (secondary N) is 1. The van der Waals surface area contributed by atoms with E-state index in [2.05, 4.69) is 76.5 Å². The second kappa shape index (κ2) is 11.8. The lowest BCUT2D eigenvalue weighted by atomic mass is 10.2. The Morgan fingerprint density at radius 3 is 2.71 bits per heavy atom. The summed E-state index contributed by atoms with van der Waals surface area (Å²) in [5, 5.41) is 5.60. The van der Waals surface area contributed by atoms with Crippen LogP contribution in [0.5, 0.6) is 0 Å². The molecule has 0 saturated carbocycles. The second-order valence-corrected chi connectivity index (χ2v) is 7.82. The number of rotatable bonds is 7. The van der Waals surface area contributed by atoms with E-state index < -0.39 is 0 Å². The van der Waals surface area contributed by atoms with Crippen LogP contribution in [-0.2, 0) is 18.3 Å². The zero-order chi connectivity index (χ0) is 19.1. The van der Waals surface area contributed by atoms with E-state index in [1.165, 1.54) is 10.6 Å². The standard InChI is InChI=1S/C20H31N5OS.HI/c1-4-21-20(24(3)16-17-7-5-9-23(17)2)22-15-18(19-8-6-14-27-19)25-10-12-26-13-11-25;/h5-9,14,18H,4,10-13,15-16H2,1-3H3,(H,21,22);1H. The summed E-state index contributed by atoms with van der Waals surface area (Å²) in [6, 6.07) is 8.90. The van der Waals surface area contributed by atoms with E-state index in [-0.39, 0.29) is 24.0 Å². The third-order valence-electron chi connectivity index (χ3n) is 4.92. The van der Waals surface area contributed by atoms with Crippen LogP contribution >= 0.6 is 35.3 Å². The summed E-state index contributed by atoms with van der Waals surface area (Å²) in [5.74, 6) is 0.952. The molecule has 1 aliphatic heterocycles. The van der Waals surface area contributed by atoms with Crippen molar-refractivity contribution in [1.82, 2.24) is 19.7 Å². The van der Waals surface area contributed by atoms with Crippen LogP contribution in [0.4, 0.5) is 0 Å². The molecule has 1 N–H and O–H groups in total. The summed E-state index contributed by atoms with van der Waals surface area (Å²) in [5.41, 5.74) is 1.27. The monoisotopic (exact) mass is 517 g/mol. The Morgan fingerprint density at radius 1 is 1.32 bits per heavy atom. The number of aromatic nitrogens is 1. The average Bonchev–Trinajstić information content (AvgIpc) is 3.34. The van der Waals surface area contributed by atoms with Gasteiger partial charge in [0.15, 0.2) is 5.96 Å². The minimum absolute atomic E-state index is 0. The Morgan fingerprint density at radius 2 is 2.11 bits per heavy atom. The van der Waals surface area contributed by atoms with Gasteiger partial charge < -0.3 is 19.5 Å². The number of guanidine groups is 1. The fourth-order valence-electron chi connectivity index (χ4n) is 3.38. The van der Waals surface area contributed by atoms with Gasteiger partial charge in [0.1, 0.15) is 0 Å². The summed E-state index contributed by atoms with van der Waals surface area (Å²) in [6.07, 6.45) is 2.08. The van der Waals surface area contributed by atoms with Crippen LogP contribution in [0.3, 0.4) is 0 Å². The van der Waals surface area contributed by atoms with Gasteiger partial charge in [0.25, 0.3) is 0 Å². The maximum absolute atomic E-state index is 5.54. The topological polar surface area (TPSA) is 45.0 Å². The first kappa shape index (κ1) is 23.2. The number of hydrogen-bond donors (Lipinski definition) is 1. The third kappa shape index (κ3) is 6.20. The first-order valence-electron chi connectivity index (χ1n) is 9.64. The van der Waals surface area contributed by atoms with E-state index in [9.17, 15) is 0 Å². The van der Waals surface area contributed by atoms with Gasteiger partial charge in [0, 0.05) is 50.5 Å². The number of ether oxygens (including phenoxy) is 1. The molecule has 0 aliphatic carbocycles. The Labute approximate surface area is 189 Å². The molecule has 0 aromatic carbocycles. The first-order chi connectivity index (χ1) is 13.2. The molecular weight excluding hydrogens is 485 g/mol. The Hall–Kier alpha value is -1.10. The van der Waals surface area contributed by atoms with Crippen molar-refractivity contribution in [3.8, 4) is 0 Å². The SMILES string of the molecule is CCNC(=NCC(c1cccs1)N1CCOCC1)N(C)Cc1cccn1C.I. The summed E-state index contributed by atoms with van der Waals surface area (Å²) in [6.45, 7) is 8.10. The molecule has 0 spiro atoms. The molecule has 1 atom stereocenters. The molecular formula is C20H32IN5OS. The zero-order valence-electron chi connectivity index (χ0n) is 17.0. The molecule has 1 aliphatic rings. The van der Waals surface area contributed by atoms with Crippen LogP contribution in [0, 0.1) is 0 Å². The largest absolute Gasteiger partial charge is 0.379 e. The van der Waals surface area contributed by atoms with Crippen molar-refractivity contribution in [3.05, 3.63) is 46.4 Å². The maximum atomic E-state index is 5.54. The Kier molecular flexibility index (Phi) is 9.76. The van der Waals surface area contributed by atoms with Crippen molar-refractivity contribution in [1.29, 1.82) is 0 Å². The number of aryl methyl sites for hydroxylation is 1. The predicted molar refractivity (Wildman–Crippen MR) is 128 cm³/mol. The molecule has 1 fully saturated rings. The van der Waals surface area contributed by atoms with Crippen molar-refractivity contribution in [3.63, 3.8) is 0 Å². The molecule has 2 aromatic heterocycles. The molecule has 3 heterocycles. The van der Waals surface area contributed by atoms with Crippen LogP contribution in [0.1, 0.15) is 23.5 Å². The van der Waals surface area contributed by atoms with E-state index in [0.717, 1.165) is 51.9 Å². The summed E-state index contributed by atoms with van der Waals surface area (Å²) < 4.78 is 7.70. The highest BCUT2D eigenvalue weighted by Gasteiger charge is 2.23. The van der Waals surface area contributed by atoms with Gasteiger partial charge in [-0.05, 0) is 30.5 Å². The summed E-state index contributed by atoms with van der Waals surface area (Å²) in [7, 11) is 4.18. The predicted octanol–water partition coefficient (Wildman–Crippen LogP) is 3.18. The van der Waals surface area contributed by atoms with Crippen molar-refractivity contribution in [2.24, 2.45) is 12.0 Å². The molecule has 8 heteroatoms. The smallest absolute Gasteiger partial charge is 0.194 e. The summed E-state index contributed by atoms with van der Waals surface area (Å²) in [4.78, 5) is 11.1. The van der Waals surface area contributed by atoms with Crippen LogP contribution in [-0.4, -0.2) is 66.8 Å². The van der Waals surface area contributed by atoms with Gasteiger partial charge in [-0.15, -0.1) is 35.3 Å². The van der Waals surface area contributed by atoms with Gasteiger partial charge in [0.05, 0.1) is 32.3 Å². The lowest BCUT2D eigenvalue weighted by Gasteiger charge is -2.33.